The molecule has 0 fully saturated rings. The van der Waals surface area contributed by atoms with Gasteiger partial charge in [-0.2, -0.15) is 0 Å². The summed E-state index contributed by atoms with van der Waals surface area (Å²) in [4.78, 5) is 17.9. The highest BCUT2D eigenvalue weighted by Crippen LogP contribution is 2.51. The number of Topliss-reactive ketones (excluding diaryl/α,β-unsaturated/α-hetero) is 1. The van der Waals surface area contributed by atoms with Crippen LogP contribution in [0.25, 0.3) is 16.6 Å². The van der Waals surface area contributed by atoms with Gasteiger partial charge in [0.1, 0.15) is 0 Å². The van der Waals surface area contributed by atoms with E-state index < -0.39 is 17.6 Å². The maximum Gasteiger partial charge on any atom is 0.192 e. The van der Waals surface area contributed by atoms with Crippen molar-refractivity contribution in [1.82, 2.24) is 4.98 Å². The van der Waals surface area contributed by atoms with Gasteiger partial charge in [0.2, 0.25) is 0 Å². The number of hydrogen-bond donors (Lipinski definition) is 1. The van der Waals surface area contributed by atoms with Crippen LogP contribution < -0.4 is 5.32 Å². The molecule has 2 heterocycles. The molecule has 1 N–H and O–H groups in total. The number of benzene rings is 3. The first-order chi connectivity index (χ1) is 14.6. The maximum absolute atomic E-state index is 14.2. The van der Waals surface area contributed by atoms with Gasteiger partial charge in [0.05, 0.1) is 11.2 Å². The van der Waals surface area contributed by atoms with E-state index in [1.165, 1.54) is 6.07 Å². The van der Waals surface area contributed by atoms with E-state index in [0.717, 1.165) is 39.5 Å². The topological polar surface area (TPSA) is 42.0 Å². The van der Waals surface area contributed by atoms with Crippen molar-refractivity contribution in [2.45, 2.75) is 5.92 Å². The molecule has 144 valence electrons. The summed E-state index contributed by atoms with van der Waals surface area (Å²) in [7, 11) is 0. The number of halogens is 2. The summed E-state index contributed by atoms with van der Waals surface area (Å²) in [6, 6.07) is 18.9. The first-order valence-electron chi connectivity index (χ1n) is 9.61. The lowest BCUT2D eigenvalue weighted by atomic mass is 9.78. The highest BCUT2D eigenvalue weighted by Gasteiger charge is 2.40. The number of ketones is 1. The van der Waals surface area contributed by atoms with E-state index in [9.17, 15) is 13.6 Å². The van der Waals surface area contributed by atoms with Crippen LogP contribution in [0.2, 0.25) is 0 Å². The molecule has 3 aromatic carbocycles. The van der Waals surface area contributed by atoms with Gasteiger partial charge in [-0.25, -0.2) is 8.78 Å². The van der Waals surface area contributed by atoms with Crippen molar-refractivity contribution in [3.05, 3.63) is 112 Å². The summed E-state index contributed by atoms with van der Waals surface area (Å²) in [5, 5.41) is 4.29. The number of carbonyl (C=O) groups is 1. The molecule has 1 aliphatic carbocycles. The second-order valence-corrected chi connectivity index (χ2v) is 7.49. The average Bonchev–Trinajstić information content (AvgIpc) is 3.06. The van der Waals surface area contributed by atoms with Crippen molar-refractivity contribution in [2.24, 2.45) is 0 Å². The van der Waals surface area contributed by atoms with Gasteiger partial charge in [0, 0.05) is 39.9 Å². The molecule has 0 spiro atoms. The van der Waals surface area contributed by atoms with Crippen LogP contribution in [-0.2, 0) is 0 Å². The zero-order valence-corrected chi connectivity index (χ0v) is 15.6. The molecule has 4 aromatic rings. The minimum absolute atomic E-state index is 0.102. The fraction of sp³-hybridized carbons (Fsp3) is 0.0400. The number of nitrogens with one attached hydrogen (secondary N) is 1. The Morgan fingerprint density at radius 2 is 1.70 bits per heavy atom. The molecule has 0 bridgehead atoms. The summed E-state index contributed by atoms with van der Waals surface area (Å²) in [6.07, 6.45) is 1.71. The summed E-state index contributed by atoms with van der Waals surface area (Å²) >= 11 is 0. The highest BCUT2D eigenvalue weighted by atomic mass is 19.2. The Morgan fingerprint density at radius 1 is 0.867 bits per heavy atom. The SMILES string of the molecule is O=C1C2=C(Nc3ccc4ncccc4c3C2c2ccc(F)c(F)c2)c2ccccc21. The van der Waals surface area contributed by atoms with Crippen LogP contribution in [-0.4, -0.2) is 10.8 Å². The van der Waals surface area contributed by atoms with Crippen molar-refractivity contribution in [2.75, 3.05) is 5.32 Å². The second-order valence-electron chi connectivity index (χ2n) is 7.49. The normalized spacial score (nSPS) is 16.9. The lowest BCUT2D eigenvalue weighted by molar-refractivity contribution is 0.103. The molecule has 1 unspecified atom stereocenters. The Morgan fingerprint density at radius 3 is 2.53 bits per heavy atom. The average molecular weight is 396 g/mol. The molecule has 2 aliphatic rings. The van der Waals surface area contributed by atoms with Crippen molar-refractivity contribution in [3.63, 3.8) is 0 Å². The predicted molar refractivity (Wildman–Crippen MR) is 111 cm³/mol. The van der Waals surface area contributed by atoms with E-state index >= 15 is 0 Å². The number of nitrogens with zero attached hydrogens (tertiary/aromatic N) is 1. The molecule has 1 aliphatic heterocycles. The van der Waals surface area contributed by atoms with E-state index in [0.29, 0.717) is 16.7 Å². The third-order valence-electron chi connectivity index (χ3n) is 5.90. The number of allylic oxidation sites excluding steroid dienone is 1. The highest BCUT2D eigenvalue weighted by molar-refractivity contribution is 6.24. The predicted octanol–water partition coefficient (Wildman–Crippen LogP) is 5.68. The number of rotatable bonds is 1. The quantitative estimate of drug-likeness (QED) is 0.450. The summed E-state index contributed by atoms with van der Waals surface area (Å²) in [5.41, 5.74) is 5.67. The Hall–Kier alpha value is -3.86. The van der Waals surface area contributed by atoms with E-state index in [1.807, 2.05) is 42.5 Å². The summed E-state index contributed by atoms with van der Waals surface area (Å²) in [6.45, 7) is 0. The van der Waals surface area contributed by atoms with Gasteiger partial charge in [-0.3, -0.25) is 9.78 Å². The molecule has 6 rings (SSSR count). The molecule has 1 aromatic heterocycles. The van der Waals surface area contributed by atoms with Crippen LogP contribution >= 0.6 is 0 Å². The Bertz CT molecular complexity index is 1420. The zero-order chi connectivity index (χ0) is 20.4. The number of carbonyl (C=O) groups excluding carboxylic acids is 1. The summed E-state index contributed by atoms with van der Waals surface area (Å²) < 4.78 is 27.9. The number of pyridine rings is 1. The van der Waals surface area contributed by atoms with Gasteiger partial charge in [-0.05, 0) is 41.5 Å². The van der Waals surface area contributed by atoms with E-state index in [2.05, 4.69) is 10.3 Å². The van der Waals surface area contributed by atoms with Crippen LogP contribution in [0.4, 0.5) is 14.5 Å². The fourth-order valence-electron chi connectivity index (χ4n) is 4.61. The smallest absolute Gasteiger partial charge is 0.192 e. The lowest BCUT2D eigenvalue weighted by Gasteiger charge is -2.30. The largest absolute Gasteiger partial charge is 0.354 e. The molecular weight excluding hydrogens is 382 g/mol. The third kappa shape index (κ3) is 2.23. The minimum Gasteiger partial charge on any atom is -0.354 e. The van der Waals surface area contributed by atoms with Crippen molar-refractivity contribution in [3.8, 4) is 0 Å². The van der Waals surface area contributed by atoms with Crippen molar-refractivity contribution in [1.29, 1.82) is 0 Å². The Kier molecular flexibility index (Phi) is 3.45. The molecular formula is C25H14F2N2O. The van der Waals surface area contributed by atoms with Crippen LogP contribution in [0.3, 0.4) is 0 Å². The van der Waals surface area contributed by atoms with Gasteiger partial charge in [-0.15, -0.1) is 0 Å². The van der Waals surface area contributed by atoms with Crippen LogP contribution in [0.1, 0.15) is 33.0 Å². The van der Waals surface area contributed by atoms with Crippen molar-refractivity contribution < 1.29 is 13.6 Å². The van der Waals surface area contributed by atoms with Crippen molar-refractivity contribution >= 4 is 28.1 Å². The fourth-order valence-corrected chi connectivity index (χ4v) is 4.61. The second kappa shape index (κ2) is 6.07. The van der Waals surface area contributed by atoms with Gasteiger partial charge < -0.3 is 5.32 Å². The first kappa shape index (κ1) is 17.0. The van der Waals surface area contributed by atoms with Gasteiger partial charge in [0.15, 0.2) is 17.4 Å². The van der Waals surface area contributed by atoms with Crippen LogP contribution in [0.5, 0.6) is 0 Å². The monoisotopic (exact) mass is 396 g/mol. The Labute approximate surface area is 170 Å². The maximum atomic E-state index is 14.2. The number of anilines is 1. The van der Waals surface area contributed by atoms with Crippen LogP contribution in [0, 0.1) is 11.6 Å². The van der Waals surface area contributed by atoms with E-state index in [-0.39, 0.29) is 5.78 Å². The summed E-state index contributed by atoms with van der Waals surface area (Å²) in [5.74, 6) is -2.49. The lowest BCUT2D eigenvalue weighted by Crippen LogP contribution is -2.19. The van der Waals surface area contributed by atoms with E-state index in [4.69, 9.17) is 0 Å². The van der Waals surface area contributed by atoms with E-state index in [1.54, 1.807) is 18.3 Å². The Balaban J connectivity index is 1.70. The molecule has 0 amide bonds. The van der Waals surface area contributed by atoms with Crippen LogP contribution in [0.15, 0.2) is 78.5 Å². The number of aromatic nitrogens is 1. The standard InChI is InChI=1S/C25H14F2N2O/c26-17-8-7-13(12-18(17)27)21-22-16-6-3-11-28-19(16)9-10-20(22)29-24-14-4-1-2-5-15(14)25(30)23(21)24/h1-12,21,29H. The molecule has 0 saturated carbocycles. The molecule has 30 heavy (non-hydrogen) atoms. The van der Waals surface area contributed by atoms with Gasteiger partial charge in [0.25, 0.3) is 0 Å². The number of fused-ring (bicyclic) bond motifs is 5. The minimum atomic E-state index is -0.934. The molecule has 1 atom stereocenters. The molecule has 5 heteroatoms. The zero-order valence-electron chi connectivity index (χ0n) is 15.6. The van der Waals surface area contributed by atoms with Gasteiger partial charge in [-0.1, -0.05) is 36.4 Å². The van der Waals surface area contributed by atoms with Gasteiger partial charge >= 0.3 is 0 Å². The third-order valence-corrected chi connectivity index (χ3v) is 5.90. The first-order valence-corrected chi connectivity index (χ1v) is 9.61. The molecule has 0 radical (unpaired) electrons. The molecule has 0 saturated heterocycles. The number of hydrogen-bond acceptors (Lipinski definition) is 3. The molecule has 3 nitrogen and oxygen atoms in total.